The topological polar surface area (TPSA) is 94.3 Å². The number of anilines is 2. The van der Waals surface area contributed by atoms with E-state index in [4.69, 9.17) is 4.74 Å². The first kappa shape index (κ1) is 16.2. The number of carbonyl (C=O) groups is 1. The summed E-state index contributed by atoms with van der Waals surface area (Å²) in [6, 6.07) is 9.94. The smallest absolute Gasteiger partial charge is 0.343 e. The molecule has 4 aromatic rings. The van der Waals surface area contributed by atoms with Crippen molar-refractivity contribution in [3.05, 3.63) is 53.8 Å². The number of hydrogen-bond acceptors (Lipinski definition) is 8. The molecule has 4 rings (SSSR count). The van der Waals surface area contributed by atoms with Gasteiger partial charge in [-0.3, -0.25) is 0 Å². The quantitative estimate of drug-likeness (QED) is 0.542. The maximum Gasteiger partial charge on any atom is 0.343 e. The SMILES string of the molecule is CCOC(=O)c1cncnc1Nc1nc2scc(-c3ccccc3)n2n1. The van der Waals surface area contributed by atoms with Gasteiger partial charge < -0.3 is 10.1 Å². The van der Waals surface area contributed by atoms with E-state index in [1.54, 1.807) is 11.4 Å². The van der Waals surface area contributed by atoms with Crippen LogP contribution in [0.4, 0.5) is 11.8 Å². The molecule has 26 heavy (non-hydrogen) atoms. The summed E-state index contributed by atoms with van der Waals surface area (Å²) >= 11 is 1.48. The van der Waals surface area contributed by atoms with E-state index in [1.807, 2.05) is 35.7 Å². The fraction of sp³-hybridized carbons (Fsp3) is 0.118. The Kier molecular flexibility index (Phi) is 4.28. The number of hydrogen-bond donors (Lipinski definition) is 1. The summed E-state index contributed by atoms with van der Waals surface area (Å²) in [5.74, 6) is 0.151. The summed E-state index contributed by atoms with van der Waals surface area (Å²) in [6.07, 6.45) is 2.75. The Morgan fingerprint density at radius 3 is 2.96 bits per heavy atom. The van der Waals surface area contributed by atoms with Crippen LogP contribution in [0.3, 0.4) is 0 Å². The van der Waals surface area contributed by atoms with E-state index in [9.17, 15) is 4.79 Å². The van der Waals surface area contributed by atoms with Gasteiger partial charge in [0.1, 0.15) is 11.9 Å². The lowest BCUT2D eigenvalue weighted by Gasteiger charge is -2.06. The van der Waals surface area contributed by atoms with Crippen molar-refractivity contribution in [3.8, 4) is 11.3 Å². The first-order valence-corrected chi connectivity index (χ1v) is 8.78. The van der Waals surface area contributed by atoms with E-state index in [-0.39, 0.29) is 12.2 Å². The molecular formula is C17H14N6O2S. The minimum atomic E-state index is -0.499. The van der Waals surface area contributed by atoms with Crippen molar-refractivity contribution in [1.29, 1.82) is 0 Å². The molecule has 1 N–H and O–H groups in total. The second kappa shape index (κ2) is 6.89. The van der Waals surface area contributed by atoms with E-state index < -0.39 is 5.97 Å². The highest BCUT2D eigenvalue weighted by atomic mass is 32.1. The molecular weight excluding hydrogens is 352 g/mol. The highest BCUT2D eigenvalue weighted by molar-refractivity contribution is 7.15. The number of fused-ring (bicyclic) bond motifs is 1. The molecule has 130 valence electrons. The van der Waals surface area contributed by atoms with Crippen molar-refractivity contribution in [3.63, 3.8) is 0 Å². The largest absolute Gasteiger partial charge is 0.462 e. The Hall–Kier alpha value is -3.33. The van der Waals surface area contributed by atoms with Gasteiger partial charge in [0, 0.05) is 17.1 Å². The van der Waals surface area contributed by atoms with Gasteiger partial charge in [0.15, 0.2) is 5.82 Å². The third-order valence-corrected chi connectivity index (χ3v) is 4.41. The molecule has 0 saturated carbocycles. The third-order valence-electron chi connectivity index (χ3n) is 3.59. The van der Waals surface area contributed by atoms with Gasteiger partial charge in [0.25, 0.3) is 0 Å². The summed E-state index contributed by atoms with van der Waals surface area (Å²) in [4.78, 5) is 25.2. The molecule has 0 aliphatic heterocycles. The number of esters is 1. The first-order chi connectivity index (χ1) is 12.8. The van der Waals surface area contributed by atoms with Crippen LogP contribution in [0.25, 0.3) is 16.2 Å². The van der Waals surface area contributed by atoms with Crippen molar-refractivity contribution in [2.45, 2.75) is 6.92 Å². The zero-order valence-electron chi connectivity index (χ0n) is 13.8. The molecule has 0 aliphatic rings. The van der Waals surface area contributed by atoms with E-state index in [2.05, 4.69) is 25.4 Å². The molecule has 0 atom stereocenters. The van der Waals surface area contributed by atoms with Crippen molar-refractivity contribution in [1.82, 2.24) is 24.6 Å². The highest BCUT2D eigenvalue weighted by Crippen LogP contribution is 2.26. The van der Waals surface area contributed by atoms with Gasteiger partial charge in [0.2, 0.25) is 10.9 Å². The van der Waals surface area contributed by atoms with Crippen molar-refractivity contribution < 1.29 is 9.53 Å². The molecule has 1 aromatic carbocycles. The lowest BCUT2D eigenvalue weighted by Crippen LogP contribution is -2.10. The molecule has 0 amide bonds. The second-order valence-corrected chi connectivity index (χ2v) is 6.08. The Labute approximate surface area is 152 Å². The van der Waals surface area contributed by atoms with Crippen LogP contribution < -0.4 is 5.32 Å². The summed E-state index contributed by atoms with van der Waals surface area (Å²) in [7, 11) is 0. The molecule has 0 bridgehead atoms. The van der Waals surface area contributed by atoms with E-state index >= 15 is 0 Å². The zero-order valence-corrected chi connectivity index (χ0v) is 14.6. The lowest BCUT2D eigenvalue weighted by atomic mass is 10.2. The van der Waals surface area contributed by atoms with E-state index in [0.717, 1.165) is 16.2 Å². The molecule has 0 unspecified atom stereocenters. The number of rotatable bonds is 5. The van der Waals surface area contributed by atoms with E-state index in [0.29, 0.717) is 11.8 Å². The van der Waals surface area contributed by atoms with Crippen LogP contribution in [0.1, 0.15) is 17.3 Å². The van der Waals surface area contributed by atoms with Gasteiger partial charge in [-0.2, -0.15) is 4.98 Å². The van der Waals surface area contributed by atoms with Crippen LogP contribution in [0.2, 0.25) is 0 Å². The first-order valence-electron chi connectivity index (χ1n) is 7.90. The van der Waals surface area contributed by atoms with Crippen molar-refractivity contribution in [2.75, 3.05) is 11.9 Å². The zero-order chi connectivity index (χ0) is 17.9. The van der Waals surface area contributed by atoms with Gasteiger partial charge >= 0.3 is 5.97 Å². The maximum atomic E-state index is 12.0. The number of ether oxygens (including phenoxy) is 1. The normalized spacial score (nSPS) is 10.8. The fourth-order valence-corrected chi connectivity index (χ4v) is 3.27. The Morgan fingerprint density at radius 2 is 2.15 bits per heavy atom. The number of aromatic nitrogens is 5. The summed E-state index contributed by atoms with van der Waals surface area (Å²) in [6.45, 7) is 2.01. The molecule has 0 radical (unpaired) electrons. The van der Waals surface area contributed by atoms with Gasteiger partial charge in [-0.15, -0.1) is 16.4 Å². The van der Waals surface area contributed by atoms with Crippen LogP contribution in [0, 0.1) is 0 Å². The highest BCUT2D eigenvalue weighted by Gasteiger charge is 2.17. The number of nitrogens with one attached hydrogen (secondary N) is 1. The maximum absolute atomic E-state index is 12.0. The standard InChI is InChI=1S/C17H14N6O2S/c1-2-25-15(24)12-8-18-10-19-14(12)20-16-21-17-23(22-16)13(9-26-17)11-6-4-3-5-7-11/h3-10H,2H2,1H3,(H,18,19,20,22). The summed E-state index contributed by atoms with van der Waals surface area (Å²) in [5.41, 5.74) is 2.22. The van der Waals surface area contributed by atoms with Crippen molar-refractivity contribution in [2.24, 2.45) is 0 Å². The molecule has 8 nitrogen and oxygen atoms in total. The molecule has 3 aromatic heterocycles. The predicted octanol–water partition coefficient (Wildman–Crippen LogP) is 3.17. The molecule has 0 fully saturated rings. The van der Waals surface area contributed by atoms with Gasteiger partial charge in [-0.25, -0.2) is 19.3 Å². The van der Waals surface area contributed by atoms with Crippen LogP contribution >= 0.6 is 11.3 Å². The average Bonchev–Trinajstić information content (AvgIpc) is 3.23. The second-order valence-electron chi connectivity index (χ2n) is 5.25. The molecule has 9 heteroatoms. The minimum Gasteiger partial charge on any atom is -0.462 e. The molecule has 3 heterocycles. The van der Waals surface area contributed by atoms with Gasteiger partial charge in [0.05, 0.1) is 12.3 Å². The monoisotopic (exact) mass is 366 g/mol. The Balaban J connectivity index is 1.67. The van der Waals surface area contributed by atoms with E-state index in [1.165, 1.54) is 23.9 Å². The van der Waals surface area contributed by atoms with Crippen LogP contribution in [-0.2, 0) is 4.74 Å². The van der Waals surface area contributed by atoms with Gasteiger partial charge in [-0.1, -0.05) is 30.3 Å². The molecule has 0 aliphatic carbocycles. The molecule has 0 saturated heterocycles. The summed E-state index contributed by atoms with van der Waals surface area (Å²) in [5, 5.41) is 9.46. The Morgan fingerprint density at radius 1 is 1.31 bits per heavy atom. The fourth-order valence-electron chi connectivity index (χ4n) is 2.43. The van der Waals surface area contributed by atoms with Gasteiger partial charge in [-0.05, 0) is 6.92 Å². The Bertz CT molecular complexity index is 1060. The number of benzene rings is 1. The average molecular weight is 366 g/mol. The predicted molar refractivity (Wildman–Crippen MR) is 97.6 cm³/mol. The third kappa shape index (κ3) is 3.00. The number of thiazole rings is 1. The number of carbonyl (C=O) groups excluding carboxylic acids is 1. The van der Waals surface area contributed by atoms with Crippen LogP contribution in [0.15, 0.2) is 48.2 Å². The lowest BCUT2D eigenvalue weighted by molar-refractivity contribution is 0.0526. The van der Waals surface area contributed by atoms with Crippen molar-refractivity contribution >= 4 is 34.0 Å². The van der Waals surface area contributed by atoms with Crippen LogP contribution in [0.5, 0.6) is 0 Å². The number of nitrogens with zero attached hydrogens (tertiary/aromatic N) is 5. The minimum absolute atomic E-state index is 0.232. The van der Waals surface area contributed by atoms with Crippen LogP contribution in [-0.4, -0.2) is 37.1 Å². The molecule has 0 spiro atoms. The summed E-state index contributed by atoms with van der Waals surface area (Å²) < 4.78 is 6.78.